The fraction of sp³-hybridized carbons (Fsp3) is 0.824. The van der Waals surface area contributed by atoms with Crippen LogP contribution in [0.5, 0.6) is 0 Å². The Morgan fingerprint density at radius 1 is 1.19 bits per heavy atom. The van der Waals surface area contributed by atoms with E-state index in [-0.39, 0.29) is 6.42 Å². The van der Waals surface area contributed by atoms with Crippen LogP contribution < -0.4 is 0 Å². The number of aliphatic hydroxyl groups excluding tert-OH is 5. The van der Waals surface area contributed by atoms with E-state index in [1.165, 1.54) is 13.2 Å². The first kappa shape index (κ1) is 20.5. The number of hydrogen-bond acceptors (Lipinski definition) is 10. The van der Waals surface area contributed by atoms with Gasteiger partial charge in [0.15, 0.2) is 6.29 Å². The third kappa shape index (κ3) is 3.70. The predicted octanol–water partition coefficient (Wildman–Crippen LogP) is -2.01. The monoisotopic (exact) mass is 390 g/mol. The first-order valence-electron chi connectivity index (χ1n) is 8.83. The largest absolute Gasteiger partial charge is 0.472 e. The Kier molecular flexibility index (Phi) is 5.78. The van der Waals surface area contributed by atoms with Gasteiger partial charge in [0.1, 0.15) is 30.0 Å². The summed E-state index contributed by atoms with van der Waals surface area (Å²) in [7, 11) is 0. The molecule has 27 heavy (non-hydrogen) atoms. The Morgan fingerprint density at radius 2 is 1.89 bits per heavy atom. The number of carbonyl (C=O) groups is 1. The van der Waals surface area contributed by atoms with Crippen molar-refractivity contribution in [3.63, 3.8) is 0 Å². The van der Waals surface area contributed by atoms with Crippen LogP contribution in [0, 0.1) is 11.8 Å². The van der Waals surface area contributed by atoms with Gasteiger partial charge in [0.25, 0.3) is 0 Å². The van der Waals surface area contributed by atoms with E-state index in [0.29, 0.717) is 0 Å². The SMILES string of the molecule is CC(=O)O[C@@]1(C)C[C@@H](O)[C@H]2C=CO[C@@H](OC3O[C@@H](CO)[C@@H](O)[C@@H](O)[C@@H]3O)[C@@H]21. The molecule has 0 amide bonds. The van der Waals surface area contributed by atoms with Crippen LogP contribution >= 0.6 is 0 Å². The maximum absolute atomic E-state index is 11.5. The van der Waals surface area contributed by atoms with Gasteiger partial charge in [0.05, 0.1) is 24.9 Å². The summed E-state index contributed by atoms with van der Waals surface area (Å²) < 4.78 is 22.0. The number of aliphatic hydroxyl groups is 5. The lowest BCUT2D eigenvalue weighted by molar-refractivity contribution is -0.346. The molecule has 10 nitrogen and oxygen atoms in total. The molecule has 0 radical (unpaired) electrons. The third-order valence-corrected chi connectivity index (χ3v) is 5.48. The van der Waals surface area contributed by atoms with Crippen LogP contribution in [0.4, 0.5) is 0 Å². The van der Waals surface area contributed by atoms with Crippen molar-refractivity contribution >= 4 is 5.97 Å². The standard InChI is InChI=1S/C17H26O10/c1-7(19)27-17(2)5-9(20)8-3-4-24-15(11(8)17)26-16-14(23)13(22)12(21)10(6-18)25-16/h3-4,8-16,18,20-23H,5-6H2,1-2H3/t8-,9-,10+,11-,12-,13-,14+,15+,16?,17+/m1/s1. The molecule has 0 bridgehead atoms. The fourth-order valence-corrected chi connectivity index (χ4v) is 4.22. The van der Waals surface area contributed by atoms with Crippen molar-refractivity contribution < 1.29 is 49.3 Å². The fourth-order valence-electron chi connectivity index (χ4n) is 4.22. The maximum atomic E-state index is 11.5. The Bertz CT molecular complexity index is 580. The average Bonchev–Trinajstić information content (AvgIpc) is 2.86. The van der Waals surface area contributed by atoms with E-state index >= 15 is 0 Å². The second kappa shape index (κ2) is 7.63. The van der Waals surface area contributed by atoms with Gasteiger partial charge in [-0.2, -0.15) is 0 Å². The summed E-state index contributed by atoms with van der Waals surface area (Å²) in [6.07, 6.45) is -5.92. The third-order valence-electron chi connectivity index (χ3n) is 5.48. The minimum absolute atomic E-state index is 0.171. The van der Waals surface area contributed by atoms with Gasteiger partial charge >= 0.3 is 5.97 Å². The highest BCUT2D eigenvalue weighted by Crippen LogP contribution is 2.48. The topological polar surface area (TPSA) is 155 Å². The van der Waals surface area contributed by atoms with Gasteiger partial charge in [-0.25, -0.2) is 0 Å². The van der Waals surface area contributed by atoms with Gasteiger partial charge < -0.3 is 44.5 Å². The van der Waals surface area contributed by atoms with Crippen molar-refractivity contribution in [3.05, 3.63) is 12.3 Å². The number of rotatable bonds is 4. The maximum Gasteiger partial charge on any atom is 0.303 e. The summed E-state index contributed by atoms with van der Waals surface area (Å²) in [5, 5.41) is 49.6. The van der Waals surface area contributed by atoms with Crippen molar-refractivity contribution in [2.45, 2.75) is 69.0 Å². The molecule has 2 heterocycles. The van der Waals surface area contributed by atoms with Crippen LogP contribution in [0.1, 0.15) is 20.3 Å². The van der Waals surface area contributed by atoms with Crippen molar-refractivity contribution in [1.82, 2.24) is 0 Å². The highest BCUT2D eigenvalue weighted by Gasteiger charge is 2.58. The zero-order valence-corrected chi connectivity index (χ0v) is 15.0. The molecule has 1 unspecified atom stereocenters. The van der Waals surface area contributed by atoms with Gasteiger partial charge in [0, 0.05) is 19.3 Å². The van der Waals surface area contributed by atoms with Crippen LogP contribution in [0.2, 0.25) is 0 Å². The van der Waals surface area contributed by atoms with E-state index in [9.17, 15) is 30.3 Å². The zero-order valence-electron chi connectivity index (χ0n) is 15.0. The Hall–Kier alpha value is -1.27. The van der Waals surface area contributed by atoms with Gasteiger partial charge in [-0.1, -0.05) is 0 Å². The lowest BCUT2D eigenvalue weighted by Gasteiger charge is -2.44. The second-order valence-corrected chi connectivity index (χ2v) is 7.45. The molecule has 2 fully saturated rings. The van der Waals surface area contributed by atoms with Gasteiger partial charge in [0.2, 0.25) is 6.29 Å². The lowest BCUT2D eigenvalue weighted by atomic mass is 9.84. The first-order valence-corrected chi connectivity index (χ1v) is 8.83. The average molecular weight is 390 g/mol. The Labute approximate surface area is 155 Å². The van der Waals surface area contributed by atoms with Crippen LogP contribution in [-0.4, -0.2) is 86.8 Å². The summed E-state index contributed by atoms with van der Waals surface area (Å²) in [6.45, 7) is 2.33. The van der Waals surface area contributed by atoms with Crippen LogP contribution in [0.3, 0.4) is 0 Å². The van der Waals surface area contributed by atoms with Gasteiger partial charge in [-0.3, -0.25) is 4.79 Å². The summed E-state index contributed by atoms with van der Waals surface area (Å²) in [6, 6.07) is 0. The van der Waals surface area contributed by atoms with Crippen LogP contribution in [0.25, 0.3) is 0 Å². The molecule has 0 spiro atoms. The molecule has 5 N–H and O–H groups in total. The molecule has 0 aromatic carbocycles. The summed E-state index contributed by atoms with van der Waals surface area (Å²) in [5.74, 6) is -1.54. The zero-order chi connectivity index (χ0) is 19.9. The summed E-state index contributed by atoms with van der Waals surface area (Å²) in [5.41, 5.74) is -1.08. The van der Waals surface area contributed by atoms with Crippen LogP contribution in [0.15, 0.2) is 12.3 Å². The van der Waals surface area contributed by atoms with Crippen molar-refractivity contribution in [2.24, 2.45) is 11.8 Å². The molecule has 154 valence electrons. The molecule has 3 rings (SSSR count). The van der Waals surface area contributed by atoms with Gasteiger partial charge in [-0.15, -0.1) is 0 Å². The van der Waals surface area contributed by atoms with E-state index in [2.05, 4.69) is 0 Å². The summed E-state index contributed by atoms with van der Waals surface area (Å²) in [4.78, 5) is 11.5. The Balaban J connectivity index is 1.81. The number of ether oxygens (including phenoxy) is 4. The smallest absolute Gasteiger partial charge is 0.303 e. The normalized spacial score (nSPS) is 49.4. The van der Waals surface area contributed by atoms with E-state index in [0.717, 1.165) is 0 Å². The molecule has 0 aromatic rings. The molecular formula is C17H26O10. The van der Waals surface area contributed by atoms with Crippen molar-refractivity contribution in [1.29, 1.82) is 0 Å². The first-order chi connectivity index (χ1) is 12.7. The number of carbonyl (C=O) groups excluding carboxylic acids is 1. The summed E-state index contributed by atoms with van der Waals surface area (Å²) >= 11 is 0. The minimum Gasteiger partial charge on any atom is -0.472 e. The highest BCUT2D eigenvalue weighted by molar-refractivity contribution is 5.66. The van der Waals surface area contributed by atoms with Gasteiger partial charge in [-0.05, 0) is 13.0 Å². The van der Waals surface area contributed by atoms with Crippen molar-refractivity contribution in [3.8, 4) is 0 Å². The molecule has 1 saturated carbocycles. The predicted molar refractivity (Wildman–Crippen MR) is 86.6 cm³/mol. The highest BCUT2D eigenvalue weighted by atomic mass is 16.8. The van der Waals surface area contributed by atoms with E-state index < -0.39 is 73.1 Å². The van der Waals surface area contributed by atoms with Crippen LogP contribution in [-0.2, 0) is 23.7 Å². The second-order valence-electron chi connectivity index (χ2n) is 7.45. The number of esters is 1. The van der Waals surface area contributed by atoms with E-state index in [1.807, 2.05) is 0 Å². The number of hydrogen-bond donors (Lipinski definition) is 5. The Morgan fingerprint density at radius 3 is 2.52 bits per heavy atom. The van der Waals surface area contributed by atoms with E-state index in [1.54, 1.807) is 13.0 Å². The van der Waals surface area contributed by atoms with Crippen molar-refractivity contribution in [2.75, 3.05) is 6.61 Å². The molecule has 10 atom stereocenters. The quantitative estimate of drug-likeness (QED) is 0.340. The molecule has 1 aliphatic carbocycles. The lowest BCUT2D eigenvalue weighted by Crippen LogP contribution is -2.60. The molecule has 10 heteroatoms. The van der Waals surface area contributed by atoms with E-state index in [4.69, 9.17) is 18.9 Å². The molecular weight excluding hydrogens is 364 g/mol. The molecule has 0 aromatic heterocycles. The molecule has 2 aliphatic heterocycles. The molecule has 1 saturated heterocycles. The minimum atomic E-state index is -1.60. The number of fused-ring (bicyclic) bond motifs is 1. The molecule has 3 aliphatic rings.